The van der Waals surface area contributed by atoms with Crippen molar-refractivity contribution in [2.24, 2.45) is 22.7 Å². The van der Waals surface area contributed by atoms with Crippen LogP contribution in [0.5, 0.6) is 0 Å². The summed E-state index contributed by atoms with van der Waals surface area (Å²) in [7, 11) is -2.48. The summed E-state index contributed by atoms with van der Waals surface area (Å²) in [5.74, 6) is 1.06. The Morgan fingerprint density at radius 2 is 1.47 bits per heavy atom. The third-order valence-corrected chi connectivity index (χ3v) is 5.39. The van der Waals surface area contributed by atoms with Crippen molar-refractivity contribution in [3.05, 3.63) is 0 Å². The molecular formula is C16H35O2P. The van der Waals surface area contributed by atoms with Gasteiger partial charge < -0.3 is 4.89 Å². The van der Waals surface area contributed by atoms with E-state index < -0.39 is 8.03 Å². The van der Waals surface area contributed by atoms with Crippen molar-refractivity contribution >= 4 is 8.03 Å². The third-order valence-electron chi connectivity index (χ3n) is 3.77. The largest absolute Gasteiger partial charge is 0.346 e. The van der Waals surface area contributed by atoms with Gasteiger partial charge >= 0.3 is 0 Å². The molecule has 3 heteroatoms. The molecule has 0 aliphatic heterocycles. The van der Waals surface area contributed by atoms with Crippen molar-refractivity contribution in [3.8, 4) is 0 Å². The Kier molecular flexibility index (Phi) is 7.34. The molecule has 0 aromatic heterocycles. The van der Waals surface area contributed by atoms with E-state index in [-0.39, 0.29) is 16.5 Å². The summed E-state index contributed by atoms with van der Waals surface area (Å²) in [5.41, 5.74) is 0.180. The predicted octanol–water partition coefficient (Wildman–Crippen LogP) is 5.36. The zero-order chi connectivity index (χ0) is 15.4. The Labute approximate surface area is 121 Å². The van der Waals surface area contributed by atoms with E-state index in [9.17, 15) is 9.46 Å². The van der Waals surface area contributed by atoms with E-state index >= 15 is 0 Å². The van der Waals surface area contributed by atoms with Crippen LogP contribution in [0, 0.1) is 22.7 Å². The van der Waals surface area contributed by atoms with E-state index in [0.717, 1.165) is 19.3 Å². The van der Waals surface area contributed by atoms with Crippen LogP contribution >= 0.6 is 8.03 Å². The van der Waals surface area contributed by atoms with E-state index in [1.165, 1.54) is 0 Å². The van der Waals surface area contributed by atoms with Gasteiger partial charge in [0, 0.05) is 5.66 Å². The minimum atomic E-state index is -2.48. The summed E-state index contributed by atoms with van der Waals surface area (Å²) in [4.78, 5) is 9.75. The number of hydrogen-bond acceptors (Lipinski definition) is 1. The average molecular weight is 290 g/mol. The monoisotopic (exact) mass is 290 g/mol. The normalized spacial score (nSPS) is 18.4. The lowest BCUT2D eigenvalue weighted by Gasteiger charge is -2.36. The number of hydrogen-bond donors (Lipinski definition) is 1. The van der Waals surface area contributed by atoms with Gasteiger partial charge in [0.25, 0.3) is 0 Å². The van der Waals surface area contributed by atoms with Gasteiger partial charge in [0.15, 0.2) is 8.03 Å². The molecule has 0 rings (SSSR count). The van der Waals surface area contributed by atoms with Crippen LogP contribution in [-0.2, 0) is 4.57 Å². The highest BCUT2D eigenvalue weighted by atomic mass is 31.1. The van der Waals surface area contributed by atoms with Gasteiger partial charge in [-0.2, -0.15) is 0 Å². The van der Waals surface area contributed by atoms with Crippen LogP contribution in [0.25, 0.3) is 0 Å². The van der Waals surface area contributed by atoms with Crippen LogP contribution in [-0.4, -0.2) is 10.6 Å². The number of rotatable bonds is 7. The molecule has 0 heterocycles. The molecule has 3 atom stereocenters. The highest BCUT2D eigenvalue weighted by Crippen LogP contribution is 2.46. The van der Waals surface area contributed by atoms with Crippen molar-refractivity contribution < 1.29 is 9.46 Å². The molecule has 0 saturated carbocycles. The van der Waals surface area contributed by atoms with E-state index in [1.54, 1.807) is 0 Å². The zero-order valence-corrected chi connectivity index (χ0v) is 15.2. The summed E-state index contributed by atoms with van der Waals surface area (Å²) in [6.45, 7) is 17.6. The molecule has 0 radical (unpaired) electrons. The molecule has 116 valence electrons. The molecule has 0 aromatic carbocycles. The van der Waals surface area contributed by atoms with Crippen LogP contribution in [0.15, 0.2) is 0 Å². The second kappa shape index (κ2) is 7.27. The molecule has 0 aromatic rings. The lowest BCUT2D eigenvalue weighted by Crippen LogP contribution is -2.30. The molecule has 0 aliphatic carbocycles. The standard InChI is InChI=1S/C16H35O2P/c1-12(2)10-16(7,8)14(19(17)18)9-13(3)11-15(4,5)6/h12-14,19H,9-11H2,1-8H3,(H,17,18). The summed E-state index contributed by atoms with van der Waals surface area (Å²) in [6.07, 6.45) is 2.98. The molecule has 19 heavy (non-hydrogen) atoms. The fourth-order valence-electron chi connectivity index (χ4n) is 3.48. The highest BCUT2D eigenvalue weighted by Gasteiger charge is 2.35. The van der Waals surface area contributed by atoms with Crippen LogP contribution in [0.1, 0.15) is 74.7 Å². The Morgan fingerprint density at radius 1 is 1.00 bits per heavy atom. The van der Waals surface area contributed by atoms with Gasteiger partial charge in [-0.3, -0.25) is 4.57 Å². The SMILES string of the molecule is CC(C)CC(C)(C)C(CC(C)CC(C)(C)C)[PH](=O)O. The summed E-state index contributed by atoms with van der Waals surface area (Å²) in [6, 6.07) is 0. The van der Waals surface area contributed by atoms with E-state index in [1.807, 2.05) is 0 Å². The topological polar surface area (TPSA) is 37.3 Å². The van der Waals surface area contributed by atoms with Crippen LogP contribution < -0.4 is 0 Å². The second-order valence-electron chi connectivity index (χ2n) is 8.58. The van der Waals surface area contributed by atoms with E-state index in [2.05, 4.69) is 55.4 Å². The quantitative estimate of drug-likeness (QED) is 0.641. The van der Waals surface area contributed by atoms with Gasteiger partial charge in [0.2, 0.25) is 0 Å². The molecule has 1 N–H and O–H groups in total. The lowest BCUT2D eigenvalue weighted by molar-refractivity contribution is 0.218. The fourth-order valence-corrected chi connectivity index (χ4v) is 4.87. The van der Waals surface area contributed by atoms with Gasteiger partial charge in [-0.1, -0.05) is 55.4 Å². The smallest absolute Gasteiger partial charge is 0.192 e. The molecule has 0 spiro atoms. The maximum Gasteiger partial charge on any atom is 0.192 e. The first-order valence-electron chi connectivity index (χ1n) is 7.58. The van der Waals surface area contributed by atoms with Crippen molar-refractivity contribution in [1.29, 1.82) is 0 Å². The molecule has 0 bridgehead atoms. The van der Waals surface area contributed by atoms with Crippen molar-refractivity contribution in [2.45, 2.75) is 80.3 Å². The van der Waals surface area contributed by atoms with E-state index in [4.69, 9.17) is 0 Å². The minimum Gasteiger partial charge on any atom is -0.346 e. The Balaban J connectivity index is 4.79. The Morgan fingerprint density at radius 3 is 1.79 bits per heavy atom. The Bertz CT molecular complexity index is 290. The van der Waals surface area contributed by atoms with E-state index in [0.29, 0.717) is 11.8 Å². The first-order chi connectivity index (χ1) is 8.35. The maximum atomic E-state index is 11.8. The zero-order valence-electron chi connectivity index (χ0n) is 14.2. The first kappa shape index (κ1) is 19.2. The fraction of sp³-hybridized carbons (Fsp3) is 1.00. The van der Waals surface area contributed by atoms with Crippen LogP contribution in [0.2, 0.25) is 0 Å². The van der Waals surface area contributed by atoms with Gasteiger partial charge in [-0.25, -0.2) is 0 Å². The average Bonchev–Trinajstić information content (AvgIpc) is 2.08. The first-order valence-corrected chi connectivity index (χ1v) is 9.01. The van der Waals surface area contributed by atoms with Crippen LogP contribution in [0.4, 0.5) is 0 Å². The highest BCUT2D eigenvalue weighted by molar-refractivity contribution is 7.39. The van der Waals surface area contributed by atoms with Crippen LogP contribution in [0.3, 0.4) is 0 Å². The van der Waals surface area contributed by atoms with Crippen molar-refractivity contribution in [2.75, 3.05) is 0 Å². The third kappa shape index (κ3) is 8.15. The Hall–Kier alpha value is 0.190. The molecular weight excluding hydrogens is 255 g/mol. The van der Waals surface area contributed by atoms with Gasteiger partial charge in [0.1, 0.15) is 0 Å². The second-order valence-corrected chi connectivity index (χ2v) is 9.96. The van der Waals surface area contributed by atoms with Crippen molar-refractivity contribution in [1.82, 2.24) is 0 Å². The molecule has 0 amide bonds. The lowest BCUT2D eigenvalue weighted by atomic mass is 9.75. The van der Waals surface area contributed by atoms with Gasteiger partial charge in [0.05, 0.1) is 0 Å². The van der Waals surface area contributed by atoms with Gasteiger partial charge in [-0.05, 0) is 41.9 Å². The molecule has 0 aliphatic rings. The maximum absolute atomic E-state index is 11.8. The molecule has 0 fully saturated rings. The summed E-state index contributed by atoms with van der Waals surface area (Å²) in [5, 5.41) is 0. The summed E-state index contributed by atoms with van der Waals surface area (Å²) >= 11 is 0. The van der Waals surface area contributed by atoms with Crippen molar-refractivity contribution in [3.63, 3.8) is 0 Å². The molecule has 0 saturated heterocycles. The molecule has 2 nitrogen and oxygen atoms in total. The molecule has 3 unspecified atom stereocenters. The minimum absolute atomic E-state index is 0.0505. The summed E-state index contributed by atoms with van der Waals surface area (Å²) < 4.78 is 11.8. The predicted molar refractivity (Wildman–Crippen MR) is 86.1 cm³/mol. The van der Waals surface area contributed by atoms with Gasteiger partial charge in [-0.15, -0.1) is 0 Å².